The van der Waals surface area contributed by atoms with Crippen molar-refractivity contribution in [1.82, 2.24) is 10.2 Å². The molecule has 1 aromatic rings. The lowest BCUT2D eigenvalue weighted by atomic mass is 10.2. The number of hydrogen-bond donors (Lipinski definition) is 3. The second kappa shape index (κ2) is 9.94. The first-order valence-corrected chi connectivity index (χ1v) is 8.73. The topological polar surface area (TPSA) is 90.9 Å². The van der Waals surface area contributed by atoms with E-state index in [2.05, 4.69) is 15.5 Å². The van der Waals surface area contributed by atoms with Gasteiger partial charge in [-0.05, 0) is 12.1 Å². The fraction of sp³-hybridized carbons (Fsp3) is 0.500. The lowest BCUT2D eigenvalue weighted by Gasteiger charge is -2.27. The maximum Gasteiger partial charge on any atom is 0.321 e. The molecule has 0 aromatic heterocycles. The van der Waals surface area contributed by atoms with Crippen molar-refractivity contribution in [3.8, 4) is 0 Å². The molecule has 1 atom stereocenters. The van der Waals surface area contributed by atoms with Gasteiger partial charge in [0.05, 0.1) is 35.4 Å². The summed E-state index contributed by atoms with van der Waals surface area (Å²) >= 11 is 11.9. The summed E-state index contributed by atoms with van der Waals surface area (Å²) < 4.78 is 5.26. The maximum absolute atomic E-state index is 12.1. The van der Waals surface area contributed by atoms with Gasteiger partial charge in [0.25, 0.3) is 0 Å². The Labute approximate surface area is 156 Å². The molecule has 9 heteroatoms. The number of amides is 1. The summed E-state index contributed by atoms with van der Waals surface area (Å²) in [4.78, 5) is 25.7. The molecule has 3 N–H and O–H groups in total. The van der Waals surface area contributed by atoms with Crippen molar-refractivity contribution >= 4 is 40.8 Å². The zero-order valence-corrected chi connectivity index (χ0v) is 15.1. The lowest BCUT2D eigenvalue weighted by Crippen LogP contribution is -2.45. The molecular weight excluding hydrogens is 369 g/mol. The number of rotatable bonds is 8. The van der Waals surface area contributed by atoms with Crippen LogP contribution in [0.25, 0.3) is 0 Å². The van der Waals surface area contributed by atoms with Gasteiger partial charge >= 0.3 is 5.97 Å². The number of carboxylic acids is 1. The van der Waals surface area contributed by atoms with Gasteiger partial charge in [0.2, 0.25) is 5.91 Å². The number of benzene rings is 1. The van der Waals surface area contributed by atoms with Gasteiger partial charge in [-0.3, -0.25) is 14.5 Å². The highest BCUT2D eigenvalue weighted by Crippen LogP contribution is 2.29. The first kappa shape index (κ1) is 19.9. The van der Waals surface area contributed by atoms with E-state index in [9.17, 15) is 14.7 Å². The quantitative estimate of drug-likeness (QED) is 0.626. The second-order valence-corrected chi connectivity index (χ2v) is 6.44. The molecule has 0 aliphatic carbocycles. The highest BCUT2D eigenvalue weighted by Gasteiger charge is 2.22. The summed E-state index contributed by atoms with van der Waals surface area (Å²) in [5, 5.41) is 15.3. The SMILES string of the molecule is O=C(C[C@@H](NCCN1CCOCC1)C(=O)O)Nc1cccc(Cl)c1Cl. The van der Waals surface area contributed by atoms with Gasteiger partial charge in [-0.15, -0.1) is 0 Å². The minimum atomic E-state index is -1.07. The first-order chi connectivity index (χ1) is 12.0. The average molecular weight is 390 g/mol. The lowest BCUT2D eigenvalue weighted by molar-refractivity contribution is -0.141. The van der Waals surface area contributed by atoms with Crippen LogP contribution in [0.15, 0.2) is 18.2 Å². The Balaban J connectivity index is 1.82. The van der Waals surface area contributed by atoms with Gasteiger partial charge < -0.3 is 20.5 Å². The smallest absolute Gasteiger partial charge is 0.321 e. The fourth-order valence-corrected chi connectivity index (χ4v) is 2.80. The van der Waals surface area contributed by atoms with E-state index in [-0.39, 0.29) is 11.4 Å². The van der Waals surface area contributed by atoms with Crippen molar-refractivity contribution in [2.75, 3.05) is 44.7 Å². The van der Waals surface area contributed by atoms with E-state index in [1.165, 1.54) is 0 Å². The predicted molar refractivity (Wildman–Crippen MR) is 96.4 cm³/mol. The number of carbonyl (C=O) groups is 2. The Kier molecular flexibility index (Phi) is 7.92. The van der Waals surface area contributed by atoms with Gasteiger partial charge in [0, 0.05) is 26.2 Å². The maximum atomic E-state index is 12.1. The number of carboxylic acid groups (broad SMARTS) is 1. The third-order valence-electron chi connectivity index (χ3n) is 3.84. The molecule has 25 heavy (non-hydrogen) atoms. The van der Waals surface area contributed by atoms with Crippen LogP contribution < -0.4 is 10.6 Å². The Morgan fingerprint density at radius 1 is 1.28 bits per heavy atom. The Morgan fingerprint density at radius 2 is 2.00 bits per heavy atom. The molecule has 0 spiro atoms. The van der Waals surface area contributed by atoms with Crippen LogP contribution in [0.2, 0.25) is 10.0 Å². The highest BCUT2D eigenvalue weighted by atomic mass is 35.5. The summed E-state index contributed by atoms with van der Waals surface area (Å²) in [6.45, 7) is 4.20. The van der Waals surface area contributed by atoms with Crippen LogP contribution in [-0.4, -0.2) is 67.3 Å². The van der Waals surface area contributed by atoms with Crippen LogP contribution in [0, 0.1) is 0 Å². The zero-order valence-electron chi connectivity index (χ0n) is 13.6. The van der Waals surface area contributed by atoms with Crippen LogP contribution in [-0.2, 0) is 14.3 Å². The molecule has 1 saturated heterocycles. The Bertz CT molecular complexity index is 609. The van der Waals surface area contributed by atoms with Crippen molar-refractivity contribution in [1.29, 1.82) is 0 Å². The number of morpholine rings is 1. The molecule has 0 unspecified atom stereocenters. The van der Waals surface area contributed by atoms with E-state index in [1.807, 2.05) is 0 Å². The molecular formula is C16H21Cl2N3O4. The summed E-state index contributed by atoms with van der Waals surface area (Å²) in [7, 11) is 0. The average Bonchev–Trinajstić information content (AvgIpc) is 2.59. The third-order valence-corrected chi connectivity index (χ3v) is 4.65. The van der Waals surface area contributed by atoms with Gasteiger partial charge in [0.15, 0.2) is 0 Å². The van der Waals surface area contributed by atoms with Crippen LogP contribution in [0.1, 0.15) is 6.42 Å². The number of aliphatic carboxylic acids is 1. The second-order valence-electron chi connectivity index (χ2n) is 5.65. The molecule has 0 radical (unpaired) electrons. The largest absolute Gasteiger partial charge is 0.480 e. The molecule has 2 rings (SSSR count). The predicted octanol–water partition coefficient (Wildman–Crippen LogP) is 1.70. The van der Waals surface area contributed by atoms with E-state index < -0.39 is 17.9 Å². The number of carbonyl (C=O) groups excluding carboxylic acids is 1. The van der Waals surface area contributed by atoms with E-state index in [1.54, 1.807) is 18.2 Å². The van der Waals surface area contributed by atoms with Crippen molar-refractivity contribution in [3.05, 3.63) is 28.2 Å². The number of anilines is 1. The number of hydrogen-bond acceptors (Lipinski definition) is 5. The van der Waals surface area contributed by atoms with Gasteiger partial charge in [-0.1, -0.05) is 29.3 Å². The van der Waals surface area contributed by atoms with E-state index in [4.69, 9.17) is 27.9 Å². The minimum absolute atomic E-state index is 0.207. The fourth-order valence-electron chi connectivity index (χ4n) is 2.46. The van der Waals surface area contributed by atoms with Crippen molar-refractivity contribution in [2.45, 2.75) is 12.5 Å². The zero-order chi connectivity index (χ0) is 18.2. The van der Waals surface area contributed by atoms with Gasteiger partial charge in [-0.2, -0.15) is 0 Å². The first-order valence-electron chi connectivity index (χ1n) is 7.97. The standard InChI is InChI=1S/C16H21Cl2N3O4/c17-11-2-1-3-12(15(11)18)20-14(22)10-13(16(23)24)19-4-5-21-6-8-25-9-7-21/h1-3,13,19H,4-10H2,(H,20,22)(H,23,24)/t13-/m1/s1. The van der Waals surface area contributed by atoms with Crippen molar-refractivity contribution in [3.63, 3.8) is 0 Å². The monoisotopic (exact) mass is 389 g/mol. The molecule has 0 saturated carbocycles. The van der Waals surface area contributed by atoms with Crippen LogP contribution in [0.5, 0.6) is 0 Å². The summed E-state index contributed by atoms with van der Waals surface area (Å²) in [6.07, 6.45) is -0.207. The molecule has 1 aliphatic rings. The third kappa shape index (κ3) is 6.45. The molecule has 1 amide bonds. The minimum Gasteiger partial charge on any atom is -0.480 e. The molecule has 1 aliphatic heterocycles. The van der Waals surface area contributed by atoms with Crippen molar-refractivity contribution in [2.24, 2.45) is 0 Å². The molecule has 138 valence electrons. The summed E-state index contributed by atoms with van der Waals surface area (Å²) in [5.74, 6) is -1.52. The number of ether oxygens (including phenoxy) is 1. The van der Waals surface area contributed by atoms with Crippen LogP contribution in [0.4, 0.5) is 5.69 Å². The molecule has 1 heterocycles. The van der Waals surface area contributed by atoms with Crippen LogP contribution >= 0.6 is 23.2 Å². The molecule has 1 aromatic carbocycles. The van der Waals surface area contributed by atoms with Crippen LogP contribution in [0.3, 0.4) is 0 Å². The molecule has 1 fully saturated rings. The van der Waals surface area contributed by atoms with Gasteiger partial charge in [-0.25, -0.2) is 0 Å². The summed E-state index contributed by atoms with van der Waals surface area (Å²) in [6, 6.07) is 3.89. The molecule has 7 nitrogen and oxygen atoms in total. The van der Waals surface area contributed by atoms with E-state index >= 15 is 0 Å². The number of nitrogens with one attached hydrogen (secondary N) is 2. The van der Waals surface area contributed by atoms with Gasteiger partial charge in [0.1, 0.15) is 6.04 Å². The Morgan fingerprint density at radius 3 is 2.68 bits per heavy atom. The Hall–Kier alpha value is -1.38. The number of halogens is 2. The normalized spacial score (nSPS) is 16.4. The van der Waals surface area contributed by atoms with E-state index in [0.29, 0.717) is 37.0 Å². The van der Waals surface area contributed by atoms with E-state index in [0.717, 1.165) is 13.1 Å². The molecule has 0 bridgehead atoms. The summed E-state index contributed by atoms with van der Waals surface area (Å²) in [5.41, 5.74) is 0.358. The van der Waals surface area contributed by atoms with Crippen molar-refractivity contribution < 1.29 is 19.4 Å². The number of nitrogens with zero attached hydrogens (tertiary/aromatic N) is 1. The highest BCUT2D eigenvalue weighted by molar-refractivity contribution is 6.43.